The Hall–Kier alpha value is -7.45. The van der Waals surface area contributed by atoms with E-state index in [0.29, 0.717) is 57.4 Å². The fraction of sp³-hybridized carbons (Fsp3) is 0.448. The molecule has 3 unspecified atom stereocenters. The highest BCUT2D eigenvalue weighted by atomic mass is 16.2. The molecular formula is C67H89N9O5. The Morgan fingerprint density at radius 2 is 1.32 bits per heavy atom. The van der Waals surface area contributed by atoms with E-state index in [4.69, 9.17) is 5.73 Å². The van der Waals surface area contributed by atoms with Crippen molar-refractivity contribution in [2.75, 3.05) is 48.4 Å². The van der Waals surface area contributed by atoms with E-state index in [2.05, 4.69) is 150 Å². The van der Waals surface area contributed by atoms with Crippen LogP contribution in [0.2, 0.25) is 0 Å². The summed E-state index contributed by atoms with van der Waals surface area (Å²) >= 11 is 0. The minimum Gasteiger partial charge on any atom is -0.397 e. The summed E-state index contributed by atoms with van der Waals surface area (Å²) in [5.41, 5.74) is 17.7. The van der Waals surface area contributed by atoms with Gasteiger partial charge in [0, 0.05) is 98.1 Å². The molecule has 4 amide bonds. The van der Waals surface area contributed by atoms with Crippen molar-refractivity contribution < 1.29 is 24.0 Å². The van der Waals surface area contributed by atoms with Gasteiger partial charge in [0.05, 0.1) is 41.8 Å². The minimum absolute atomic E-state index is 0.0257. The second-order valence-electron chi connectivity index (χ2n) is 23.2. The number of rotatable bonds is 28. The number of benzene rings is 4. The number of nitrogens with zero attached hydrogens (tertiary/aromatic N) is 3. The Kier molecular flexibility index (Phi) is 21.8. The normalized spacial score (nSPS) is 18.2. The van der Waals surface area contributed by atoms with Crippen molar-refractivity contribution in [1.82, 2.24) is 26.6 Å². The van der Waals surface area contributed by atoms with E-state index < -0.39 is 12.1 Å². The van der Waals surface area contributed by atoms with Gasteiger partial charge in [0.2, 0.25) is 23.6 Å². The zero-order valence-electron chi connectivity index (χ0n) is 49.3. The highest BCUT2D eigenvalue weighted by Crippen LogP contribution is 2.47. The lowest BCUT2D eigenvalue weighted by atomic mass is 9.80. The maximum Gasteiger partial charge on any atom is 0.237 e. The van der Waals surface area contributed by atoms with Crippen molar-refractivity contribution in [2.45, 2.75) is 160 Å². The number of amides is 4. The summed E-state index contributed by atoms with van der Waals surface area (Å²) in [5.74, 6) is -0.587. The van der Waals surface area contributed by atoms with Crippen LogP contribution in [0.1, 0.15) is 146 Å². The molecule has 0 saturated heterocycles. The fourth-order valence-electron chi connectivity index (χ4n) is 12.0. The predicted molar refractivity (Wildman–Crippen MR) is 330 cm³/mol. The molecule has 0 aliphatic carbocycles. The Morgan fingerprint density at radius 3 is 2.01 bits per heavy atom. The van der Waals surface area contributed by atoms with E-state index >= 15 is 0 Å². The quantitative estimate of drug-likeness (QED) is 0.0182. The second kappa shape index (κ2) is 28.8. The number of nitrogens with one attached hydrogen (secondary N) is 5. The molecule has 0 fully saturated rings. The molecule has 14 heteroatoms. The first-order valence-electron chi connectivity index (χ1n) is 29.4. The van der Waals surface area contributed by atoms with Crippen molar-refractivity contribution in [3.8, 4) is 0 Å². The van der Waals surface area contributed by atoms with E-state index in [1.165, 1.54) is 28.2 Å². The third kappa shape index (κ3) is 15.3. The van der Waals surface area contributed by atoms with Gasteiger partial charge >= 0.3 is 0 Å². The molecule has 0 radical (unpaired) electrons. The molecule has 0 bridgehead atoms. The number of likely N-dealkylation sites (N-methyl/N-ethyl adjacent to an activating group) is 1. The summed E-state index contributed by atoms with van der Waals surface area (Å²) in [6.07, 6.45) is 18.8. The maximum atomic E-state index is 13.8. The van der Waals surface area contributed by atoms with Crippen LogP contribution in [0.25, 0.3) is 11.4 Å². The van der Waals surface area contributed by atoms with Crippen molar-refractivity contribution in [1.29, 1.82) is 0 Å². The SMILES string of the molecule is CN/C1=C(\N)c2ccccc2CN(C(=O)CCC(=O)NCCCCC(C=O)NC(=O)C(CCCCNC(=O)CCCCCN2c3ccccc3C(C)(C)C2C=C/C=C/C=C2/N(C)c3ccccc3C2(C)C)NC(C)C)c2ccccc21. The zero-order chi connectivity index (χ0) is 58.1. The molecule has 4 aromatic carbocycles. The molecule has 3 aliphatic heterocycles. The van der Waals surface area contributed by atoms with Crippen LogP contribution >= 0.6 is 0 Å². The van der Waals surface area contributed by atoms with Gasteiger partial charge in [0.1, 0.15) is 6.29 Å². The van der Waals surface area contributed by atoms with Crippen LogP contribution in [0.15, 0.2) is 133 Å². The van der Waals surface area contributed by atoms with Crippen molar-refractivity contribution >= 4 is 58.4 Å². The maximum absolute atomic E-state index is 13.8. The van der Waals surface area contributed by atoms with Crippen LogP contribution in [0.5, 0.6) is 0 Å². The number of fused-ring (bicyclic) bond motifs is 4. The number of carbonyl (C=O) groups is 5. The van der Waals surface area contributed by atoms with Crippen LogP contribution in [0.4, 0.5) is 17.1 Å². The van der Waals surface area contributed by atoms with Gasteiger partial charge < -0.3 is 51.8 Å². The molecule has 7 N–H and O–H groups in total. The van der Waals surface area contributed by atoms with Crippen LogP contribution in [0, 0.1) is 0 Å². The van der Waals surface area contributed by atoms with E-state index in [-0.39, 0.29) is 59.4 Å². The smallest absolute Gasteiger partial charge is 0.237 e. The van der Waals surface area contributed by atoms with Gasteiger partial charge in [-0.05, 0) is 92.3 Å². The van der Waals surface area contributed by atoms with E-state index in [1.54, 1.807) is 4.90 Å². The summed E-state index contributed by atoms with van der Waals surface area (Å²) in [5, 5.41) is 15.5. The number of unbranched alkanes of at least 4 members (excludes halogenated alkanes) is 4. The Balaban J connectivity index is 0.773. The zero-order valence-corrected chi connectivity index (χ0v) is 49.3. The number of aldehydes is 1. The molecule has 432 valence electrons. The third-order valence-corrected chi connectivity index (χ3v) is 16.3. The van der Waals surface area contributed by atoms with E-state index in [1.807, 2.05) is 69.4 Å². The van der Waals surface area contributed by atoms with Gasteiger partial charge in [0.15, 0.2) is 0 Å². The molecular weight excluding hydrogens is 1010 g/mol. The first-order chi connectivity index (χ1) is 39.0. The van der Waals surface area contributed by atoms with E-state index in [9.17, 15) is 24.0 Å². The summed E-state index contributed by atoms with van der Waals surface area (Å²) < 4.78 is 0. The average Bonchev–Trinajstić information content (AvgIpc) is 4.01. The van der Waals surface area contributed by atoms with Gasteiger partial charge in [-0.1, -0.05) is 151 Å². The first-order valence-corrected chi connectivity index (χ1v) is 29.4. The number of para-hydroxylation sites is 3. The first kappa shape index (κ1) is 61.2. The lowest BCUT2D eigenvalue weighted by molar-refractivity contribution is -0.126. The summed E-state index contributed by atoms with van der Waals surface area (Å²) in [6.45, 7) is 15.4. The second-order valence-corrected chi connectivity index (χ2v) is 23.2. The minimum atomic E-state index is -0.662. The number of allylic oxidation sites excluding steroid dienone is 5. The average molecular weight is 1100 g/mol. The topological polar surface area (TPSA) is 181 Å². The van der Waals surface area contributed by atoms with Crippen LogP contribution in [-0.2, 0) is 41.3 Å². The van der Waals surface area contributed by atoms with Gasteiger partial charge in [-0.2, -0.15) is 0 Å². The number of hydrogen-bond donors (Lipinski definition) is 6. The van der Waals surface area contributed by atoms with E-state index in [0.717, 1.165) is 73.0 Å². The largest absolute Gasteiger partial charge is 0.397 e. The monoisotopic (exact) mass is 1100 g/mol. The lowest BCUT2D eigenvalue weighted by Crippen LogP contribution is -2.50. The number of nitrogens with two attached hydrogens (primary N) is 1. The lowest BCUT2D eigenvalue weighted by Gasteiger charge is -2.32. The number of hydrogen-bond acceptors (Lipinski definition) is 10. The molecule has 3 atom stereocenters. The van der Waals surface area contributed by atoms with Gasteiger partial charge in [-0.15, -0.1) is 0 Å². The van der Waals surface area contributed by atoms with Crippen LogP contribution in [0.3, 0.4) is 0 Å². The Bertz CT molecular complexity index is 2960. The standard InChI is InChI=1S/C67H89N9O5/c1-47(2)72-54(65(81)73-49(46-77)28-22-24-42-71-61(79)40-41-62(80)76-45-48-27-14-15-29-50(48)63(68)64(69-7)51-30-16-19-34-55(51)76)33-23-25-43-70-60(78)39-13-10-26-44-75-57-36-21-18-32-53(57)67(5,6)59(75)38-12-9-11-37-58-66(3,4)52-31-17-20-35-56(52)74(58)8/h9,11-12,14-21,27,29-32,34-38,46-47,49,54,59,69,72H,10,13,22-26,28,33,39-45,68H2,1-8H3,(H,70,78)(H,71,79)(H,73,81)/b11-9+,38-12?,58-37+,64-63-. The van der Waals surface area contributed by atoms with Gasteiger partial charge in [-0.3, -0.25) is 19.2 Å². The Morgan fingerprint density at radius 1 is 0.691 bits per heavy atom. The van der Waals surface area contributed by atoms with Crippen LogP contribution in [-0.4, -0.2) is 87.8 Å². The highest BCUT2D eigenvalue weighted by molar-refractivity contribution is 6.02. The molecule has 81 heavy (non-hydrogen) atoms. The molecule has 3 aliphatic rings. The van der Waals surface area contributed by atoms with Crippen molar-refractivity contribution in [3.63, 3.8) is 0 Å². The molecule has 3 heterocycles. The van der Waals surface area contributed by atoms with Gasteiger partial charge in [0.25, 0.3) is 0 Å². The molecule has 7 rings (SSSR count). The number of carbonyl (C=O) groups excluding carboxylic acids is 5. The van der Waals surface area contributed by atoms with Crippen LogP contribution < -0.4 is 47.0 Å². The molecule has 14 nitrogen and oxygen atoms in total. The summed E-state index contributed by atoms with van der Waals surface area (Å²) in [6, 6.07) is 31.9. The number of anilines is 3. The third-order valence-electron chi connectivity index (χ3n) is 16.3. The van der Waals surface area contributed by atoms with Gasteiger partial charge in [-0.25, -0.2) is 0 Å². The Labute approximate surface area is 482 Å². The molecule has 0 spiro atoms. The predicted octanol–water partition coefficient (Wildman–Crippen LogP) is 10.1. The molecule has 4 aromatic rings. The fourth-order valence-corrected chi connectivity index (χ4v) is 12.0. The summed E-state index contributed by atoms with van der Waals surface area (Å²) in [4.78, 5) is 71.8. The highest BCUT2D eigenvalue weighted by Gasteiger charge is 2.43. The summed E-state index contributed by atoms with van der Waals surface area (Å²) in [7, 11) is 3.96. The van der Waals surface area contributed by atoms with Crippen molar-refractivity contribution in [2.24, 2.45) is 5.73 Å². The van der Waals surface area contributed by atoms with Crippen molar-refractivity contribution in [3.05, 3.63) is 161 Å². The molecule has 0 aromatic heterocycles. The molecule has 0 saturated carbocycles.